The number of carbonyl (C=O) groups is 1. The van der Waals surface area contributed by atoms with E-state index in [2.05, 4.69) is 16.1 Å². The molecule has 1 aromatic rings. The maximum atomic E-state index is 11.2. The average Bonchev–Trinajstić information content (AvgIpc) is 2.76. The number of ether oxygens (including phenoxy) is 1. The highest BCUT2D eigenvalue weighted by Crippen LogP contribution is 2.36. The predicted molar refractivity (Wildman–Crippen MR) is 63.5 cm³/mol. The van der Waals surface area contributed by atoms with E-state index in [1.807, 2.05) is 18.2 Å². The molecule has 4 nitrogen and oxygen atoms in total. The molecule has 92 valence electrons. The Balaban J connectivity index is 2.19. The van der Waals surface area contributed by atoms with Gasteiger partial charge in [0.05, 0.1) is 25.8 Å². The second-order valence-electron chi connectivity index (χ2n) is 4.33. The molecule has 4 heteroatoms. The molecule has 0 spiro atoms. The quantitative estimate of drug-likeness (QED) is 0.750. The van der Waals surface area contributed by atoms with Crippen LogP contribution >= 0.6 is 0 Å². The van der Waals surface area contributed by atoms with Crippen LogP contribution in [0.2, 0.25) is 0 Å². The summed E-state index contributed by atoms with van der Waals surface area (Å²) in [6.45, 7) is 0.104. The lowest BCUT2D eigenvalue weighted by Crippen LogP contribution is -2.46. The number of methoxy groups -OCH3 is 1. The summed E-state index contributed by atoms with van der Waals surface area (Å²) in [5.41, 5.74) is 1.83. The summed E-state index contributed by atoms with van der Waals surface area (Å²) >= 11 is 0. The van der Waals surface area contributed by atoms with Gasteiger partial charge in [-0.05, 0) is 24.0 Å². The van der Waals surface area contributed by atoms with Crippen LogP contribution in [-0.2, 0) is 21.5 Å². The van der Waals surface area contributed by atoms with Gasteiger partial charge in [-0.3, -0.25) is 10.1 Å². The van der Waals surface area contributed by atoms with E-state index < -0.39 is 5.54 Å². The van der Waals surface area contributed by atoms with E-state index in [4.69, 9.17) is 0 Å². The molecule has 0 saturated heterocycles. The zero-order valence-electron chi connectivity index (χ0n) is 9.90. The molecule has 0 aliphatic heterocycles. The zero-order valence-corrected chi connectivity index (χ0v) is 9.90. The largest absolute Gasteiger partial charge is 0.468 e. The highest BCUT2D eigenvalue weighted by atomic mass is 16.5. The molecular formula is C13H17NO3. The first kappa shape index (κ1) is 12.1. The molecule has 0 amide bonds. The third-order valence-corrected chi connectivity index (χ3v) is 3.42. The summed E-state index contributed by atoms with van der Waals surface area (Å²) in [6, 6.07) is 8.01. The summed E-state index contributed by atoms with van der Waals surface area (Å²) in [5, 5.41) is 12.8. The number of esters is 1. The fourth-order valence-electron chi connectivity index (χ4n) is 2.41. The van der Waals surface area contributed by atoms with Gasteiger partial charge in [0.2, 0.25) is 0 Å². The van der Waals surface area contributed by atoms with Crippen molar-refractivity contribution in [3.05, 3.63) is 35.4 Å². The van der Waals surface area contributed by atoms with Gasteiger partial charge in [-0.25, -0.2) is 0 Å². The molecule has 2 rings (SSSR count). The summed E-state index contributed by atoms with van der Waals surface area (Å²) in [5.74, 6) is -0.317. The van der Waals surface area contributed by atoms with Gasteiger partial charge in [-0.2, -0.15) is 0 Å². The van der Waals surface area contributed by atoms with Crippen molar-refractivity contribution >= 4 is 5.97 Å². The Morgan fingerprint density at radius 3 is 3.00 bits per heavy atom. The van der Waals surface area contributed by atoms with Crippen LogP contribution in [0.3, 0.4) is 0 Å². The van der Waals surface area contributed by atoms with Gasteiger partial charge in [-0.1, -0.05) is 24.3 Å². The summed E-state index contributed by atoms with van der Waals surface area (Å²) < 4.78 is 4.60. The minimum absolute atomic E-state index is 0.0129. The van der Waals surface area contributed by atoms with Crippen molar-refractivity contribution in [2.75, 3.05) is 20.3 Å². The van der Waals surface area contributed by atoms with Crippen LogP contribution in [0.5, 0.6) is 0 Å². The van der Waals surface area contributed by atoms with Crippen molar-refractivity contribution < 1.29 is 14.6 Å². The molecule has 0 fully saturated rings. The van der Waals surface area contributed by atoms with Gasteiger partial charge in [0.15, 0.2) is 0 Å². The smallest absolute Gasteiger partial charge is 0.319 e. The van der Waals surface area contributed by atoms with Crippen LogP contribution in [0.15, 0.2) is 24.3 Å². The Morgan fingerprint density at radius 1 is 1.53 bits per heavy atom. The third kappa shape index (κ3) is 2.18. The fraction of sp³-hybridized carbons (Fsp3) is 0.462. The maximum Gasteiger partial charge on any atom is 0.319 e. The summed E-state index contributed by atoms with van der Waals surface area (Å²) in [4.78, 5) is 11.2. The van der Waals surface area contributed by atoms with Crippen LogP contribution < -0.4 is 5.32 Å². The molecular weight excluding hydrogens is 218 g/mol. The van der Waals surface area contributed by atoms with Crippen molar-refractivity contribution in [2.24, 2.45) is 0 Å². The monoisotopic (exact) mass is 235 g/mol. The van der Waals surface area contributed by atoms with Crippen molar-refractivity contribution in [3.8, 4) is 0 Å². The van der Waals surface area contributed by atoms with Gasteiger partial charge < -0.3 is 9.84 Å². The van der Waals surface area contributed by atoms with E-state index in [-0.39, 0.29) is 19.1 Å². The molecule has 17 heavy (non-hydrogen) atoms. The minimum atomic E-state index is -0.495. The van der Waals surface area contributed by atoms with Crippen molar-refractivity contribution in [1.29, 1.82) is 0 Å². The van der Waals surface area contributed by atoms with Crippen LogP contribution in [0.25, 0.3) is 0 Å². The molecule has 1 unspecified atom stereocenters. The normalized spacial score (nSPS) is 22.2. The summed E-state index contributed by atoms with van der Waals surface area (Å²) in [7, 11) is 1.36. The first-order valence-corrected chi connectivity index (χ1v) is 5.73. The molecule has 1 aliphatic rings. The van der Waals surface area contributed by atoms with E-state index in [0.717, 1.165) is 18.4 Å². The van der Waals surface area contributed by atoms with Crippen LogP contribution in [0, 0.1) is 0 Å². The summed E-state index contributed by atoms with van der Waals surface area (Å²) in [6.07, 6.45) is 1.73. The number of hydrogen-bond donors (Lipinski definition) is 2. The predicted octanol–water partition coefficient (Wildman–Crippen LogP) is 0.583. The van der Waals surface area contributed by atoms with Gasteiger partial charge in [0.25, 0.3) is 0 Å². The van der Waals surface area contributed by atoms with Crippen molar-refractivity contribution in [3.63, 3.8) is 0 Å². The number of carbonyl (C=O) groups excluding carboxylic acids is 1. The Labute approximate surface area is 101 Å². The lowest BCUT2D eigenvalue weighted by Gasteiger charge is -2.29. The van der Waals surface area contributed by atoms with Crippen LogP contribution in [0.4, 0.5) is 0 Å². The number of aliphatic hydroxyl groups excluding tert-OH is 1. The fourth-order valence-corrected chi connectivity index (χ4v) is 2.41. The van der Waals surface area contributed by atoms with Gasteiger partial charge in [0.1, 0.15) is 0 Å². The number of aryl methyl sites for hydroxylation is 1. The van der Waals surface area contributed by atoms with E-state index in [0.29, 0.717) is 0 Å². The number of hydrogen-bond acceptors (Lipinski definition) is 4. The molecule has 0 saturated carbocycles. The number of benzene rings is 1. The second-order valence-corrected chi connectivity index (χ2v) is 4.33. The zero-order chi connectivity index (χ0) is 12.3. The van der Waals surface area contributed by atoms with Gasteiger partial charge in [-0.15, -0.1) is 0 Å². The van der Waals surface area contributed by atoms with Crippen LogP contribution in [-0.4, -0.2) is 31.3 Å². The average molecular weight is 235 g/mol. The molecule has 1 aliphatic carbocycles. The Morgan fingerprint density at radius 2 is 2.29 bits per heavy atom. The molecule has 0 aromatic heterocycles. The van der Waals surface area contributed by atoms with E-state index in [1.165, 1.54) is 12.7 Å². The van der Waals surface area contributed by atoms with Crippen molar-refractivity contribution in [2.45, 2.75) is 18.4 Å². The number of rotatable bonds is 4. The topological polar surface area (TPSA) is 58.6 Å². The van der Waals surface area contributed by atoms with Crippen LogP contribution in [0.1, 0.15) is 17.5 Å². The molecule has 0 bridgehead atoms. The second kappa shape index (κ2) is 4.85. The van der Waals surface area contributed by atoms with Crippen molar-refractivity contribution in [1.82, 2.24) is 5.32 Å². The molecule has 1 aromatic carbocycles. The van der Waals surface area contributed by atoms with E-state index >= 15 is 0 Å². The van der Waals surface area contributed by atoms with E-state index in [1.54, 1.807) is 0 Å². The number of aliphatic hydroxyl groups is 1. The first-order chi connectivity index (χ1) is 8.22. The lowest BCUT2D eigenvalue weighted by molar-refractivity contribution is -0.140. The number of fused-ring (bicyclic) bond motifs is 1. The lowest BCUT2D eigenvalue weighted by atomic mass is 9.92. The molecule has 0 heterocycles. The highest BCUT2D eigenvalue weighted by Gasteiger charge is 2.37. The Bertz CT molecular complexity index is 419. The standard InChI is InChI=1S/C13H17NO3/c1-17-12(16)8-14-13(9-15)7-6-10-4-2-3-5-11(10)13/h2-5,14-15H,6-9H2,1H3. The first-order valence-electron chi connectivity index (χ1n) is 5.73. The Hall–Kier alpha value is -1.39. The van der Waals surface area contributed by atoms with E-state index in [9.17, 15) is 9.90 Å². The minimum Gasteiger partial charge on any atom is -0.468 e. The SMILES string of the molecule is COC(=O)CNC1(CO)CCc2ccccc21. The number of nitrogens with one attached hydrogen (secondary N) is 1. The molecule has 2 N–H and O–H groups in total. The third-order valence-electron chi connectivity index (χ3n) is 3.42. The van der Waals surface area contributed by atoms with Gasteiger partial charge in [0, 0.05) is 0 Å². The Kier molecular flexibility index (Phi) is 3.45. The molecule has 0 radical (unpaired) electrons. The maximum absolute atomic E-state index is 11.2. The molecule has 1 atom stereocenters. The highest BCUT2D eigenvalue weighted by molar-refractivity contribution is 5.71. The van der Waals surface area contributed by atoms with Gasteiger partial charge >= 0.3 is 5.97 Å².